The molecule has 1 aromatic heterocycles. The zero-order valence-corrected chi connectivity index (χ0v) is 13.4. The van der Waals surface area contributed by atoms with Crippen molar-refractivity contribution in [2.75, 3.05) is 13.1 Å². The van der Waals surface area contributed by atoms with Gasteiger partial charge in [-0.2, -0.15) is 5.10 Å². The summed E-state index contributed by atoms with van der Waals surface area (Å²) in [5, 5.41) is 10.4. The molecule has 0 unspecified atom stereocenters. The minimum atomic E-state index is -0.424. The molecule has 2 aromatic rings. The Balaban J connectivity index is 1.82. The second-order valence-electron chi connectivity index (χ2n) is 5.88. The van der Waals surface area contributed by atoms with E-state index >= 15 is 0 Å². The number of rotatable bonds is 6. The van der Waals surface area contributed by atoms with Crippen LogP contribution in [-0.2, 0) is 24.3 Å². The molecular weight excluding hydrogens is 306 g/mol. The molecule has 1 aromatic carbocycles. The summed E-state index contributed by atoms with van der Waals surface area (Å²) in [7, 11) is 0. The number of fused-ring (bicyclic) bond motifs is 1. The van der Waals surface area contributed by atoms with Crippen LogP contribution in [0.15, 0.2) is 30.3 Å². The molecule has 7 heteroatoms. The number of nitrogens with zero attached hydrogens (tertiary/aromatic N) is 2. The van der Waals surface area contributed by atoms with Crippen molar-refractivity contribution in [3.8, 4) is 0 Å². The fraction of sp³-hybridized carbons (Fsp3) is 0.353. The van der Waals surface area contributed by atoms with E-state index in [2.05, 4.69) is 15.5 Å². The number of primary amides is 1. The standard InChI is InChI=1S/C17H21N5O2/c18-15(23)7-9-22(11-12-4-2-1-3-5-12)17(24)16-13-10-19-8-6-14(13)20-21-16/h1-5,19H,6-11H2,(H2,18,23)(H,20,21). The van der Waals surface area contributed by atoms with Crippen molar-refractivity contribution >= 4 is 11.8 Å². The van der Waals surface area contributed by atoms with Crippen LogP contribution in [0, 0.1) is 0 Å². The lowest BCUT2D eigenvalue weighted by Gasteiger charge is -2.22. The molecule has 0 atom stereocenters. The Morgan fingerprint density at radius 1 is 1.25 bits per heavy atom. The average Bonchev–Trinajstić information content (AvgIpc) is 3.03. The SMILES string of the molecule is NC(=O)CCN(Cc1ccccc1)C(=O)c1n[nH]c2c1CNCC2. The first kappa shape index (κ1) is 16.2. The number of nitrogens with one attached hydrogen (secondary N) is 2. The van der Waals surface area contributed by atoms with Crippen molar-refractivity contribution in [3.05, 3.63) is 52.8 Å². The highest BCUT2D eigenvalue weighted by atomic mass is 16.2. The largest absolute Gasteiger partial charge is 0.370 e. The predicted octanol–water partition coefficient (Wildman–Crippen LogP) is 0.573. The monoisotopic (exact) mass is 327 g/mol. The summed E-state index contributed by atoms with van der Waals surface area (Å²) < 4.78 is 0. The highest BCUT2D eigenvalue weighted by molar-refractivity contribution is 5.94. The zero-order valence-electron chi connectivity index (χ0n) is 13.4. The lowest BCUT2D eigenvalue weighted by molar-refractivity contribution is -0.118. The van der Waals surface area contributed by atoms with E-state index in [0.717, 1.165) is 29.8 Å². The quantitative estimate of drug-likeness (QED) is 0.721. The van der Waals surface area contributed by atoms with E-state index in [1.807, 2.05) is 30.3 Å². The van der Waals surface area contributed by atoms with Crippen molar-refractivity contribution in [2.45, 2.75) is 25.9 Å². The van der Waals surface area contributed by atoms with Gasteiger partial charge in [-0.05, 0) is 5.56 Å². The molecule has 0 saturated carbocycles. The number of nitrogens with two attached hydrogens (primary N) is 1. The molecule has 0 radical (unpaired) electrons. The minimum absolute atomic E-state index is 0.128. The van der Waals surface area contributed by atoms with Crippen LogP contribution in [0.4, 0.5) is 0 Å². The number of carbonyl (C=O) groups is 2. The van der Waals surface area contributed by atoms with Gasteiger partial charge in [-0.3, -0.25) is 14.7 Å². The molecule has 2 amide bonds. The molecule has 0 fully saturated rings. The minimum Gasteiger partial charge on any atom is -0.370 e. The van der Waals surface area contributed by atoms with Crippen molar-refractivity contribution in [1.29, 1.82) is 0 Å². The van der Waals surface area contributed by atoms with E-state index in [1.54, 1.807) is 4.90 Å². The topological polar surface area (TPSA) is 104 Å². The molecule has 0 bridgehead atoms. The fourth-order valence-electron chi connectivity index (χ4n) is 2.85. The molecular formula is C17H21N5O2. The van der Waals surface area contributed by atoms with Gasteiger partial charge in [0.2, 0.25) is 5.91 Å². The molecule has 0 aliphatic carbocycles. The molecule has 4 N–H and O–H groups in total. The van der Waals surface area contributed by atoms with Crippen LogP contribution in [0.25, 0.3) is 0 Å². The number of H-pyrrole nitrogens is 1. The first-order chi connectivity index (χ1) is 11.6. The van der Waals surface area contributed by atoms with Crippen LogP contribution in [0.5, 0.6) is 0 Å². The second-order valence-corrected chi connectivity index (χ2v) is 5.88. The van der Waals surface area contributed by atoms with Gasteiger partial charge < -0.3 is 16.0 Å². The Labute approximate surface area is 140 Å². The van der Waals surface area contributed by atoms with Crippen LogP contribution >= 0.6 is 0 Å². The average molecular weight is 327 g/mol. The highest BCUT2D eigenvalue weighted by Crippen LogP contribution is 2.18. The summed E-state index contributed by atoms with van der Waals surface area (Å²) in [6, 6.07) is 9.67. The van der Waals surface area contributed by atoms with Gasteiger partial charge >= 0.3 is 0 Å². The molecule has 1 aliphatic rings. The molecule has 126 valence electrons. The number of hydrogen-bond acceptors (Lipinski definition) is 4. The summed E-state index contributed by atoms with van der Waals surface area (Å²) in [4.78, 5) is 25.7. The Morgan fingerprint density at radius 3 is 2.79 bits per heavy atom. The Bertz CT molecular complexity index is 726. The van der Waals surface area contributed by atoms with Crippen LogP contribution in [0.2, 0.25) is 0 Å². The normalized spacial score (nSPS) is 13.3. The Hall–Kier alpha value is -2.67. The molecule has 3 rings (SSSR count). The van der Waals surface area contributed by atoms with Gasteiger partial charge in [-0.15, -0.1) is 0 Å². The maximum Gasteiger partial charge on any atom is 0.275 e. The third-order valence-corrected chi connectivity index (χ3v) is 4.14. The van der Waals surface area contributed by atoms with Gasteiger partial charge in [0.15, 0.2) is 5.69 Å². The van der Waals surface area contributed by atoms with Crippen LogP contribution in [0.1, 0.15) is 33.7 Å². The number of amides is 2. The van der Waals surface area contributed by atoms with Gasteiger partial charge in [-0.25, -0.2) is 0 Å². The van der Waals surface area contributed by atoms with E-state index in [1.165, 1.54) is 0 Å². The van der Waals surface area contributed by atoms with Crippen molar-refractivity contribution in [3.63, 3.8) is 0 Å². The lowest BCUT2D eigenvalue weighted by atomic mass is 10.1. The summed E-state index contributed by atoms with van der Waals surface area (Å²) >= 11 is 0. The fourth-order valence-corrected chi connectivity index (χ4v) is 2.85. The van der Waals surface area contributed by atoms with Gasteiger partial charge in [0, 0.05) is 50.3 Å². The first-order valence-electron chi connectivity index (χ1n) is 8.03. The van der Waals surface area contributed by atoms with E-state index in [0.29, 0.717) is 18.8 Å². The van der Waals surface area contributed by atoms with Crippen molar-refractivity contribution < 1.29 is 9.59 Å². The van der Waals surface area contributed by atoms with E-state index < -0.39 is 5.91 Å². The summed E-state index contributed by atoms with van der Waals surface area (Å²) in [6.07, 6.45) is 0.957. The van der Waals surface area contributed by atoms with Crippen LogP contribution < -0.4 is 11.1 Å². The first-order valence-corrected chi connectivity index (χ1v) is 8.03. The molecule has 24 heavy (non-hydrogen) atoms. The van der Waals surface area contributed by atoms with Gasteiger partial charge in [0.05, 0.1) is 0 Å². The highest BCUT2D eigenvalue weighted by Gasteiger charge is 2.25. The maximum atomic E-state index is 13.0. The Morgan fingerprint density at radius 2 is 2.04 bits per heavy atom. The number of benzene rings is 1. The predicted molar refractivity (Wildman–Crippen MR) is 89.0 cm³/mol. The third kappa shape index (κ3) is 3.62. The summed E-state index contributed by atoms with van der Waals surface area (Å²) in [6.45, 7) is 2.19. The van der Waals surface area contributed by atoms with E-state index in [9.17, 15) is 9.59 Å². The smallest absolute Gasteiger partial charge is 0.275 e. The Kier molecular flexibility index (Phi) is 4.90. The van der Waals surface area contributed by atoms with Crippen LogP contribution in [-0.4, -0.2) is 40.0 Å². The number of carbonyl (C=O) groups excluding carboxylic acids is 2. The molecule has 7 nitrogen and oxygen atoms in total. The number of hydrogen-bond donors (Lipinski definition) is 3. The van der Waals surface area contributed by atoms with Gasteiger partial charge in [0.25, 0.3) is 5.91 Å². The van der Waals surface area contributed by atoms with E-state index in [-0.39, 0.29) is 18.9 Å². The molecule has 1 aliphatic heterocycles. The van der Waals surface area contributed by atoms with Gasteiger partial charge in [-0.1, -0.05) is 30.3 Å². The second kappa shape index (κ2) is 7.27. The summed E-state index contributed by atoms with van der Waals surface area (Å²) in [5.41, 5.74) is 8.61. The van der Waals surface area contributed by atoms with Crippen molar-refractivity contribution in [1.82, 2.24) is 20.4 Å². The third-order valence-electron chi connectivity index (χ3n) is 4.14. The molecule has 0 saturated heterocycles. The zero-order chi connectivity index (χ0) is 16.9. The van der Waals surface area contributed by atoms with E-state index in [4.69, 9.17) is 5.73 Å². The van der Waals surface area contributed by atoms with Crippen molar-refractivity contribution in [2.24, 2.45) is 5.73 Å². The number of aromatic amines is 1. The number of aromatic nitrogens is 2. The summed E-state index contributed by atoms with van der Waals surface area (Å²) in [5.74, 6) is -0.604. The lowest BCUT2D eigenvalue weighted by Crippen LogP contribution is -2.35. The van der Waals surface area contributed by atoms with Gasteiger partial charge in [0.1, 0.15) is 0 Å². The van der Waals surface area contributed by atoms with Crippen LogP contribution in [0.3, 0.4) is 0 Å². The molecule has 0 spiro atoms. The molecule has 2 heterocycles. The maximum absolute atomic E-state index is 13.0.